The number of benzene rings is 1. The maximum absolute atomic E-state index is 13.8. The Labute approximate surface area is 408 Å². The van der Waals surface area contributed by atoms with Crippen molar-refractivity contribution in [1.82, 2.24) is 25.5 Å². The lowest BCUT2D eigenvalue weighted by molar-refractivity contribution is -0.175. The molecule has 0 spiro atoms. The highest BCUT2D eigenvalue weighted by molar-refractivity contribution is 8.76. The zero-order valence-electron chi connectivity index (χ0n) is 40.2. The summed E-state index contributed by atoms with van der Waals surface area (Å²) in [5.74, 6) is -3.25. The molecule has 1 aromatic carbocycles. The second kappa shape index (κ2) is 23.8. The summed E-state index contributed by atoms with van der Waals surface area (Å²) in [6.07, 6.45) is -0.166. The van der Waals surface area contributed by atoms with Crippen LogP contribution in [0.4, 0.5) is 4.79 Å². The quantitative estimate of drug-likeness (QED) is 0.0254. The molecule has 2 unspecified atom stereocenters. The van der Waals surface area contributed by atoms with Crippen molar-refractivity contribution in [3.63, 3.8) is 0 Å². The van der Waals surface area contributed by atoms with Gasteiger partial charge in [-0.15, -0.1) is 0 Å². The van der Waals surface area contributed by atoms with E-state index < -0.39 is 70.3 Å². The first-order valence-corrected chi connectivity index (χ1v) is 25.6. The zero-order valence-corrected chi connectivity index (χ0v) is 41.9. The Balaban J connectivity index is 1.02. The van der Waals surface area contributed by atoms with Gasteiger partial charge in [0.25, 0.3) is 5.56 Å². The number of hydrogen-bond acceptors (Lipinski definition) is 16. The van der Waals surface area contributed by atoms with E-state index >= 15 is 0 Å². The number of esters is 2. The number of fused-ring (bicyclic) bond motifs is 5. The molecule has 0 fully saturated rings. The number of hydrogen-bond donors (Lipinski definition) is 5. The summed E-state index contributed by atoms with van der Waals surface area (Å²) < 4.78 is 23.8. The molecule has 5 rings (SSSR count). The van der Waals surface area contributed by atoms with Gasteiger partial charge < -0.3 is 50.3 Å². The Bertz CT molecular complexity index is 2480. The molecule has 6 N–H and O–H groups in total. The maximum Gasteiger partial charge on any atom is 0.509 e. The second-order valence-electron chi connectivity index (χ2n) is 18.3. The van der Waals surface area contributed by atoms with Crippen LogP contribution in [0.5, 0.6) is 0 Å². The molecule has 2 aromatic heterocycles. The number of cyclic esters (lactones) is 1. The summed E-state index contributed by atoms with van der Waals surface area (Å²) in [5.41, 5.74) is 4.90. The number of nitrogens with one attached hydrogen (secondary N) is 3. The monoisotopic (exact) mass is 996 g/mol. The van der Waals surface area contributed by atoms with Crippen LogP contribution >= 0.6 is 21.6 Å². The molecule has 4 atom stereocenters. The fraction of sp³-hybridized carbons (Fsp3) is 0.562. The fourth-order valence-electron chi connectivity index (χ4n) is 8.97. The predicted octanol–water partition coefficient (Wildman–Crippen LogP) is 4.95. The third-order valence-electron chi connectivity index (χ3n) is 12.4. The highest BCUT2D eigenvalue weighted by Gasteiger charge is 2.51. The Morgan fingerprint density at radius 3 is 2.26 bits per heavy atom. The third-order valence-corrected chi connectivity index (χ3v) is 14.7. The van der Waals surface area contributed by atoms with Crippen molar-refractivity contribution in [2.45, 2.75) is 118 Å². The third kappa shape index (κ3) is 13.2. The molecule has 4 heterocycles. The van der Waals surface area contributed by atoms with E-state index in [9.17, 15) is 38.4 Å². The Morgan fingerprint density at radius 2 is 1.61 bits per heavy atom. The summed E-state index contributed by atoms with van der Waals surface area (Å²) in [6, 6.07) is 9.32. The zero-order chi connectivity index (χ0) is 50.7. The molecule has 2 aliphatic heterocycles. The first-order valence-electron chi connectivity index (χ1n) is 23.1. The number of nitrogens with zero attached hydrogens (tertiary/aromatic N) is 2. The fourth-order valence-corrected chi connectivity index (χ4v) is 10.6. The van der Waals surface area contributed by atoms with Gasteiger partial charge in [-0.05, 0) is 69.6 Å². The SMILES string of the molecule is CCC(C(=O)NCCNC(=O)[C@H](CC)NC(=O)CCC(N)C(=O)O)C(C)(C)CC(C)(C)C(=O)OCCSSCCOC(=O)O[C@]1(CC)C(=O)OCc2c1cc1n(c2=O)Cc2cc3ccccc3nc2-1. The number of aromatic nitrogens is 2. The Hall–Kier alpha value is -5.67. The van der Waals surface area contributed by atoms with Crippen LogP contribution in [-0.4, -0.2) is 106 Å². The van der Waals surface area contributed by atoms with Crippen LogP contribution in [0.2, 0.25) is 0 Å². The normalized spacial score (nSPS) is 16.4. The summed E-state index contributed by atoms with van der Waals surface area (Å²) in [4.78, 5) is 108. The van der Waals surface area contributed by atoms with Gasteiger partial charge in [-0.1, -0.05) is 74.4 Å². The molecule has 19 nitrogen and oxygen atoms in total. The first-order chi connectivity index (χ1) is 32.7. The van der Waals surface area contributed by atoms with Crippen molar-refractivity contribution in [1.29, 1.82) is 0 Å². The molecule has 0 bridgehead atoms. The largest absolute Gasteiger partial charge is 0.509 e. The molecule has 3 amide bonds. The molecule has 0 aliphatic carbocycles. The van der Waals surface area contributed by atoms with Crippen molar-refractivity contribution >= 4 is 74.3 Å². The van der Waals surface area contributed by atoms with Gasteiger partial charge in [0, 0.05) is 53.4 Å². The van der Waals surface area contributed by atoms with Crippen molar-refractivity contribution in [3.8, 4) is 11.4 Å². The van der Waals surface area contributed by atoms with E-state index in [-0.39, 0.29) is 74.8 Å². The molecule has 0 saturated carbocycles. The molecular formula is C48H64N6O13S2. The number of ether oxygens (including phenoxy) is 4. The van der Waals surface area contributed by atoms with Gasteiger partial charge in [-0.2, -0.15) is 0 Å². The average molecular weight is 997 g/mol. The lowest BCUT2D eigenvalue weighted by atomic mass is 9.67. The van der Waals surface area contributed by atoms with E-state index in [1.54, 1.807) is 38.3 Å². The number of carbonyl (C=O) groups excluding carboxylic acids is 6. The number of aliphatic carboxylic acids is 1. The van der Waals surface area contributed by atoms with E-state index in [0.29, 0.717) is 48.7 Å². The summed E-state index contributed by atoms with van der Waals surface area (Å²) in [6.45, 7) is 13.0. The van der Waals surface area contributed by atoms with Gasteiger partial charge in [0.2, 0.25) is 23.3 Å². The molecule has 3 aromatic rings. The molecule has 0 radical (unpaired) electrons. The highest BCUT2D eigenvalue weighted by Crippen LogP contribution is 2.43. The smallest absolute Gasteiger partial charge is 0.480 e. The number of carboxylic acids is 1. The van der Waals surface area contributed by atoms with Crippen molar-refractivity contribution in [2.75, 3.05) is 37.8 Å². The second-order valence-corrected chi connectivity index (χ2v) is 21.0. The van der Waals surface area contributed by atoms with Crippen LogP contribution in [0.15, 0.2) is 41.2 Å². The number of pyridine rings is 2. The number of para-hydroxylation sites is 1. The topological polar surface area (TPSA) is 274 Å². The van der Waals surface area contributed by atoms with Gasteiger partial charge >= 0.3 is 24.1 Å². The Morgan fingerprint density at radius 1 is 0.942 bits per heavy atom. The minimum Gasteiger partial charge on any atom is -0.480 e. The minimum absolute atomic E-state index is 0.00620. The standard InChI is InChI=1S/C48H64N6O13S2/c1-8-31(39(56)50-17-18-51-40(57)34(9-2)52-37(55)16-15-33(49)42(59)60)46(4,5)27-47(6,7)43(61)64-19-21-68-69-22-20-65-45(63)67-48(10-3)32-24-36-38-29(23-28-13-11-12-14-35(28)53-38)25-54(36)41(58)30(32)26-66-44(48)62/h11-14,23-24,31,33-34H,8-10,15-22,25-27,49H2,1-7H3,(H,50,56)(H,51,57)(H,52,55)(H,59,60)/t31?,33?,34-,48-/m0/s1. The lowest BCUT2D eigenvalue weighted by Crippen LogP contribution is -2.49. The van der Waals surface area contributed by atoms with E-state index in [4.69, 9.17) is 34.8 Å². The molecule has 21 heteroatoms. The van der Waals surface area contributed by atoms with Crippen LogP contribution in [0.3, 0.4) is 0 Å². The maximum atomic E-state index is 13.8. The molecule has 2 aliphatic rings. The van der Waals surface area contributed by atoms with E-state index in [0.717, 1.165) is 16.5 Å². The van der Waals surface area contributed by atoms with Crippen LogP contribution < -0.4 is 27.2 Å². The number of nitrogens with two attached hydrogens (primary N) is 1. The average Bonchev–Trinajstić information content (AvgIpc) is 3.66. The predicted molar refractivity (Wildman–Crippen MR) is 260 cm³/mol. The molecular weight excluding hydrogens is 933 g/mol. The van der Waals surface area contributed by atoms with E-state index in [1.807, 2.05) is 51.1 Å². The summed E-state index contributed by atoms with van der Waals surface area (Å²) in [7, 11) is 2.80. The number of carbonyl (C=O) groups is 7. The summed E-state index contributed by atoms with van der Waals surface area (Å²) in [5, 5.41) is 18.0. The van der Waals surface area contributed by atoms with Crippen molar-refractivity contribution in [3.05, 3.63) is 63.4 Å². The van der Waals surface area contributed by atoms with Crippen molar-refractivity contribution in [2.24, 2.45) is 22.5 Å². The molecule has 376 valence electrons. The van der Waals surface area contributed by atoms with Crippen LogP contribution in [0, 0.1) is 16.7 Å². The number of carboxylic acid groups (broad SMARTS) is 1. The van der Waals surface area contributed by atoms with Gasteiger partial charge in [-0.25, -0.2) is 14.6 Å². The lowest BCUT2D eigenvalue weighted by Gasteiger charge is -2.38. The number of rotatable bonds is 25. The van der Waals surface area contributed by atoms with Crippen LogP contribution in [-0.2, 0) is 66.5 Å². The summed E-state index contributed by atoms with van der Waals surface area (Å²) >= 11 is 0. The molecule has 0 saturated heterocycles. The van der Waals surface area contributed by atoms with E-state index in [1.165, 1.54) is 21.6 Å². The van der Waals surface area contributed by atoms with Crippen molar-refractivity contribution < 1.29 is 57.6 Å². The first kappa shape index (κ1) is 54.3. The van der Waals surface area contributed by atoms with Gasteiger partial charge in [-0.3, -0.25) is 28.8 Å². The van der Waals surface area contributed by atoms with Crippen LogP contribution in [0.25, 0.3) is 22.3 Å². The molecule has 69 heavy (non-hydrogen) atoms. The van der Waals surface area contributed by atoms with E-state index in [2.05, 4.69) is 16.0 Å². The highest BCUT2D eigenvalue weighted by atomic mass is 33.1. The van der Waals surface area contributed by atoms with Gasteiger partial charge in [0.15, 0.2) is 0 Å². The Kier molecular flexibility index (Phi) is 18.7. The van der Waals surface area contributed by atoms with Gasteiger partial charge in [0.1, 0.15) is 31.9 Å². The van der Waals surface area contributed by atoms with Crippen LogP contribution in [0.1, 0.15) is 104 Å². The number of amides is 3. The minimum atomic E-state index is -1.90. The van der Waals surface area contributed by atoms with Gasteiger partial charge in [0.05, 0.1) is 34.4 Å².